The Morgan fingerprint density at radius 2 is 1.54 bits per heavy atom. The van der Waals surface area contributed by atoms with Gasteiger partial charge in [-0.1, -0.05) is 58.3 Å². The highest BCUT2D eigenvalue weighted by atomic mass is 31.2. The molecule has 1 atom stereocenters. The fraction of sp³-hybridized carbons (Fsp3) is 1.00. The molecule has 0 aliphatic heterocycles. The minimum atomic E-state index is -3.92. The lowest BCUT2D eigenvalue weighted by atomic mass is 9.84. The van der Waals surface area contributed by atoms with Crippen molar-refractivity contribution in [1.29, 1.82) is 0 Å². The molecule has 1 rings (SSSR count). The first-order valence-electron chi connectivity index (χ1n) is 10.7. The molecule has 0 saturated heterocycles. The van der Waals surface area contributed by atoms with Gasteiger partial charge in [-0.15, -0.1) is 0 Å². The van der Waals surface area contributed by atoms with Gasteiger partial charge >= 0.3 is 7.82 Å². The third kappa shape index (κ3) is 12.5. The smallest absolute Gasteiger partial charge is 0.329 e. The maximum atomic E-state index is 12.1. The molecule has 0 amide bonds. The van der Waals surface area contributed by atoms with E-state index in [-0.39, 0.29) is 12.7 Å². The Morgan fingerprint density at radius 1 is 0.962 bits per heavy atom. The van der Waals surface area contributed by atoms with Gasteiger partial charge in [0, 0.05) is 0 Å². The molecule has 26 heavy (non-hydrogen) atoms. The van der Waals surface area contributed by atoms with Gasteiger partial charge in [0.25, 0.3) is 0 Å². The standard InChI is InChI=1S/C20H42NO4P/c1-5-6-7-8-9-10-11-12-19-13-15-20(16-14-19)25-26(22,23)24-18-17-21(2,3)4/h19-20H,5-18H2,1-4H3/p+1. The number of nitrogens with zero attached hydrogens (tertiary/aromatic N) is 1. The van der Waals surface area contributed by atoms with E-state index in [1.165, 1.54) is 51.4 Å². The van der Waals surface area contributed by atoms with E-state index in [0.29, 0.717) is 11.0 Å². The molecule has 1 N–H and O–H groups in total. The number of hydrogen-bond acceptors (Lipinski definition) is 3. The van der Waals surface area contributed by atoms with Crippen molar-refractivity contribution in [2.45, 2.75) is 90.1 Å². The Kier molecular flexibility index (Phi) is 11.6. The molecule has 0 bridgehead atoms. The van der Waals surface area contributed by atoms with Crippen LogP contribution in [0.4, 0.5) is 0 Å². The maximum absolute atomic E-state index is 12.1. The Hall–Kier alpha value is 0.0700. The molecular weight excluding hydrogens is 349 g/mol. The van der Waals surface area contributed by atoms with Crippen molar-refractivity contribution in [2.24, 2.45) is 5.92 Å². The number of phosphoric ester groups is 1. The van der Waals surface area contributed by atoms with E-state index >= 15 is 0 Å². The first-order chi connectivity index (χ1) is 12.2. The van der Waals surface area contributed by atoms with Gasteiger partial charge in [-0.3, -0.25) is 9.05 Å². The number of phosphoric acid groups is 1. The summed E-state index contributed by atoms with van der Waals surface area (Å²) in [4.78, 5) is 9.90. The van der Waals surface area contributed by atoms with Gasteiger partial charge in [0.2, 0.25) is 0 Å². The lowest BCUT2D eigenvalue weighted by molar-refractivity contribution is -0.870. The Balaban J connectivity index is 2.10. The SMILES string of the molecule is CCCCCCCCCC1CCC(OP(=O)(O)OCC[N+](C)(C)C)CC1. The maximum Gasteiger partial charge on any atom is 0.472 e. The fourth-order valence-electron chi connectivity index (χ4n) is 3.56. The van der Waals surface area contributed by atoms with E-state index in [1.54, 1.807) is 0 Å². The molecule has 0 heterocycles. The zero-order valence-electron chi connectivity index (χ0n) is 17.6. The van der Waals surface area contributed by atoms with Gasteiger partial charge in [0.15, 0.2) is 0 Å². The molecule has 6 heteroatoms. The van der Waals surface area contributed by atoms with Gasteiger partial charge < -0.3 is 9.38 Å². The molecule has 156 valence electrons. The number of quaternary nitrogens is 1. The summed E-state index contributed by atoms with van der Waals surface area (Å²) < 4.78 is 23.3. The summed E-state index contributed by atoms with van der Waals surface area (Å²) in [5, 5.41) is 0. The molecule has 0 aromatic rings. The van der Waals surface area contributed by atoms with Crippen LogP contribution in [0.3, 0.4) is 0 Å². The average Bonchev–Trinajstić information content (AvgIpc) is 2.54. The molecule has 1 aliphatic carbocycles. The van der Waals surface area contributed by atoms with Crippen molar-refractivity contribution in [3.63, 3.8) is 0 Å². The molecule has 1 fully saturated rings. The van der Waals surface area contributed by atoms with Gasteiger partial charge in [-0.25, -0.2) is 4.57 Å². The van der Waals surface area contributed by atoms with Crippen LogP contribution in [0, 0.1) is 5.92 Å². The van der Waals surface area contributed by atoms with Crippen molar-refractivity contribution < 1.29 is 23.0 Å². The summed E-state index contributed by atoms with van der Waals surface area (Å²) in [6.07, 6.45) is 14.7. The van der Waals surface area contributed by atoms with E-state index in [2.05, 4.69) is 6.92 Å². The van der Waals surface area contributed by atoms with Gasteiger partial charge in [-0.05, 0) is 31.6 Å². The van der Waals surface area contributed by atoms with Crippen LogP contribution in [-0.2, 0) is 13.6 Å². The Labute approximate surface area is 161 Å². The third-order valence-electron chi connectivity index (χ3n) is 5.31. The highest BCUT2D eigenvalue weighted by Crippen LogP contribution is 2.47. The van der Waals surface area contributed by atoms with Gasteiger partial charge in [0.05, 0.1) is 27.2 Å². The van der Waals surface area contributed by atoms with Crippen LogP contribution in [0.5, 0.6) is 0 Å². The molecule has 0 spiro atoms. The molecule has 5 nitrogen and oxygen atoms in total. The highest BCUT2D eigenvalue weighted by Gasteiger charge is 2.30. The fourth-order valence-corrected chi connectivity index (χ4v) is 4.53. The Bertz CT molecular complexity index is 403. The second-order valence-corrected chi connectivity index (χ2v) is 10.4. The minimum Gasteiger partial charge on any atom is -0.329 e. The van der Waals surface area contributed by atoms with Crippen LogP contribution >= 0.6 is 7.82 Å². The molecule has 0 aromatic heterocycles. The molecule has 0 aromatic carbocycles. The number of rotatable bonds is 14. The monoisotopic (exact) mass is 392 g/mol. The van der Waals surface area contributed by atoms with Crippen molar-refractivity contribution in [3.05, 3.63) is 0 Å². The Morgan fingerprint density at radius 3 is 2.12 bits per heavy atom. The normalized spacial score (nSPS) is 23.7. The van der Waals surface area contributed by atoms with Crippen LogP contribution in [0.15, 0.2) is 0 Å². The first-order valence-corrected chi connectivity index (χ1v) is 12.2. The zero-order chi connectivity index (χ0) is 19.5. The number of unbranched alkanes of at least 4 members (excludes halogenated alkanes) is 6. The first kappa shape index (κ1) is 24.1. The van der Waals surface area contributed by atoms with E-state index in [4.69, 9.17) is 9.05 Å². The van der Waals surface area contributed by atoms with Crippen LogP contribution in [0.1, 0.15) is 84.0 Å². The van der Waals surface area contributed by atoms with E-state index < -0.39 is 7.82 Å². The van der Waals surface area contributed by atoms with Gasteiger partial charge in [-0.2, -0.15) is 0 Å². The lowest BCUT2D eigenvalue weighted by Gasteiger charge is -2.29. The second-order valence-electron chi connectivity index (χ2n) is 8.97. The zero-order valence-corrected chi connectivity index (χ0v) is 18.5. The average molecular weight is 393 g/mol. The van der Waals surface area contributed by atoms with Crippen LogP contribution in [0.25, 0.3) is 0 Å². The van der Waals surface area contributed by atoms with Crippen molar-refractivity contribution in [3.8, 4) is 0 Å². The van der Waals surface area contributed by atoms with Crippen molar-refractivity contribution in [2.75, 3.05) is 34.3 Å². The predicted molar refractivity (Wildman–Crippen MR) is 108 cm³/mol. The summed E-state index contributed by atoms with van der Waals surface area (Å²) in [6.45, 7) is 3.18. The summed E-state index contributed by atoms with van der Waals surface area (Å²) in [5.74, 6) is 0.766. The topological polar surface area (TPSA) is 55.8 Å². The summed E-state index contributed by atoms with van der Waals surface area (Å²) in [5.41, 5.74) is 0. The molecule has 1 unspecified atom stereocenters. The highest BCUT2D eigenvalue weighted by molar-refractivity contribution is 7.47. The lowest BCUT2D eigenvalue weighted by Crippen LogP contribution is -2.37. The summed E-state index contributed by atoms with van der Waals surface area (Å²) in [6, 6.07) is 0. The van der Waals surface area contributed by atoms with E-state index in [1.807, 2.05) is 21.1 Å². The predicted octanol–water partition coefficient (Wildman–Crippen LogP) is 5.53. The molecule has 1 aliphatic rings. The third-order valence-corrected chi connectivity index (χ3v) is 6.38. The van der Waals surface area contributed by atoms with Gasteiger partial charge in [0.1, 0.15) is 13.2 Å². The van der Waals surface area contributed by atoms with Crippen LogP contribution in [0.2, 0.25) is 0 Å². The molecule has 0 radical (unpaired) electrons. The largest absolute Gasteiger partial charge is 0.472 e. The van der Waals surface area contributed by atoms with Crippen LogP contribution < -0.4 is 0 Å². The second kappa shape index (κ2) is 12.5. The number of likely N-dealkylation sites (N-methyl/N-ethyl adjacent to an activating group) is 1. The van der Waals surface area contributed by atoms with Crippen molar-refractivity contribution in [1.82, 2.24) is 0 Å². The molecule has 1 saturated carbocycles. The van der Waals surface area contributed by atoms with Crippen LogP contribution in [-0.4, -0.2) is 49.8 Å². The van der Waals surface area contributed by atoms with Crippen molar-refractivity contribution >= 4 is 7.82 Å². The summed E-state index contributed by atoms with van der Waals surface area (Å²) in [7, 11) is 2.16. The molecular formula is C20H43NO4P+. The minimum absolute atomic E-state index is 0.125. The summed E-state index contributed by atoms with van der Waals surface area (Å²) >= 11 is 0. The quantitative estimate of drug-likeness (QED) is 0.240. The number of hydrogen-bond donors (Lipinski definition) is 1. The van der Waals surface area contributed by atoms with E-state index in [0.717, 1.165) is 31.6 Å². The van der Waals surface area contributed by atoms with E-state index in [9.17, 15) is 9.46 Å².